The number of hydrogen-bond donors (Lipinski definition) is 1. The molecule has 0 radical (unpaired) electrons. The van der Waals surface area contributed by atoms with Crippen LogP contribution in [-0.2, 0) is 6.42 Å². The van der Waals surface area contributed by atoms with Gasteiger partial charge in [0.05, 0.1) is 6.10 Å². The van der Waals surface area contributed by atoms with Gasteiger partial charge in [-0.15, -0.1) is 0 Å². The summed E-state index contributed by atoms with van der Waals surface area (Å²) in [4.78, 5) is 0. The van der Waals surface area contributed by atoms with Crippen molar-refractivity contribution in [2.24, 2.45) is 0 Å². The summed E-state index contributed by atoms with van der Waals surface area (Å²) in [5.74, 6) is -0.210. The van der Waals surface area contributed by atoms with Crippen molar-refractivity contribution in [1.82, 2.24) is 0 Å². The summed E-state index contributed by atoms with van der Waals surface area (Å²) < 4.78 is 13.8. The van der Waals surface area contributed by atoms with Gasteiger partial charge in [-0.05, 0) is 49.4 Å². The summed E-state index contributed by atoms with van der Waals surface area (Å²) in [5, 5.41) is 9.55. The fraction of sp³-hybridized carbons (Fsp3) is 0.538. The Bertz CT molecular complexity index is 307. The number of aliphatic hydroxyl groups excluding tert-OH is 1. The lowest BCUT2D eigenvalue weighted by Crippen LogP contribution is -2.05. The zero-order valence-corrected chi connectivity index (χ0v) is 11.1. The third-order valence-electron chi connectivity index (χ3n) is 2.55. The number of benzene rings is 1. The van der Waals surface area contributed by atoms with Gasteiger partial charge in [-0.2, -0.15) is 0 Å². The molecule has 1 aromatic rings. The van der Waals surface area contributed by atoms with E-state index >= 15 is 0 Å². The van der Waals surface area contributed by atoms with Crippen molar-refractivity contribution in [2.45, 2.75) is 45.1 Å². The Kier molecular flexibility index (Phi) is 5.99. The standard InChI is InChI=1S/C13H18BrFO/c1-2-4-13(16)6-3-5-10-7-11(14)9-12(15)8-10/h7-9,13,16H,2-6H2,1H3. The fourth-order valence-corrected chi connectivity index (χ4v) is 2.29. The van der Waals surface area contributed by atoms with E-state index in [2.05, 4.69) is 22.9 Å². The Morgan fingerprint density at radius 1 is 1.31 bits per heavy atom. The SMILES string of the molecule is CCCC(O)CCCc1cc(F)cc(Br)c1. The molecule has 0 aliphatic carbocycles. The molecule has 1 atom stereocenters. The predicted molar refractivity (Wildman–Crippen MR) is 68.0 cm³/mol. The highest BCUT2D eigenvalue weighted by Gasteiger charge is 2.04. The first-order valence-corrected chi connectivity index (χ1v) is 6.54. The van der Waals surface area contributed by atoms with Crippen molar-refractivity contribution in [2.75, 3.05) is 0 Å². The summed E-state index contributed by atoms with van der Waals surface area (Å²) in [6.45, 7) is 2.06. The van der Waals surface area contributed by atoms with Gasteiger partial charge in [-0.25, -0.2) is 4.39 Å². The van der Waals surface area contributed by atoms with Crippen molar-refractivity contribution >= 4 is 15.9 Å². The molecule has 0 saturated heterocycles. The summed E-state index contributed by atoms with van der Waals surface area (Å²) in [7, 11) is 0. The first kappa shape index (κ1) is 13.7. The molecule has 0 heterocycles. The Labute approximate surface area is 105 Å². The Hall–Kier alpha value is -0.410. The molecule has 0 aliphatic heterocycles. The second-order valence-electron chi connectivity index (χ2n) is 4.11. The summed E-state index contributed by atoms with van der Waals surface area (Å²) in [5.41, 5.74) is 0.982. The minimum absolute atomic E-state index is 0.206. The Balaban J connectivity index is 2.37. The van der Waals surface area contributed by atoms with Crippen LogP contribution in [0.3, 0.4) is 0 Å². The van der Waals surface area contributed by atoms with Gasteiger partial charge in [0, 0.05) is 4.47 Å². The van der Waals surface area contributed by atoms with Crippen LogP contribution in [0.2, 0.25) is 0 Å². The van der Waals surface area contributed by atoms with Crippen LogP contribution in [0.4, 0.5) is 4.39 Å². The first-order valence-electron chi connectivity index (χ1n) is 5.75. The monoisotopic (exact) mass is 288 g/mol. The molecule has 0 bridgehead atoms. The lowest BCUT2D eigenvalue weighted by molar-refractivity contribution is 0.151. The topological polar surface area (TPSA) is 20.2 Å². The highest BCUT2D eigenvalue weighted by Crippen LogP contribution is 2.17. The highest BCUT2D eigenvalue weighted by molar-refractivity contribution is 9.10. The average Bonchev–Trinajstić information content (AvgIpc) is 2.16. The highest BCUT2D eigenvalue weighted by atomic mass is 79.9. The minimum Gasteiger partial charge on any atom is -0.393 e. The molecule has 0 amide bonds. The van der Waals surface area contributed by atoms with Crippen LogP contribution >= 0.6 is 15.9 Å². The van der Waals surface area contributed by atoms with Crippen LogP contribution in [0.25, 0.3) is 0 Å². The van der Waals surface area contributed by atoms with Gasteiger partial charge in [0.25, 0.3) is 0 Å². The molecule has 1 N–H and O–H groups in total. The van der Waals surface area contributed by atoms with E-state index in [1.54, 1.807) is 6.07 Å². The summed E-state index contributed by atoms with van der Waals surface area (Å²) in [6, 6.07) is 4.93. The van der Waals surface area contributed by atoms with Crippen molar-refractivity contribution in [3.05, 3.63) is 34.1 Å². The average molecular weight is 289 g/mol. The lowest BCUT2D eigenvalue weighted by atomic mass is 10.0. The van der Waals surface area contributed by atoms with Gasteiger partial charge in [-0.3, -0.25) is 0 Å². The van der Waals surface area contributed by atoms with Gasteiger partial charge in [-0.1, -0.05) is 29.3 Å². The van der Waals surface area contributed by atoms with Gasteiger partial charge in [0.1, 0.15) is 5.82 Å². The third-order valence-corrected chi connectivity index (χ3v) is 3.00. The van der Waals surface area contributed by atoms with E-state index in [1.165, 1.54) is 6.07 Å². The summed E-state index contributed by atoms with van der Waals surface area (Å²) >= 11 is 3.27. The van der Waals surface area contributed by atoms with Crippen LogP contribution in [-0.4, -0.2) is 11.2 Å². The maximum atomic E-state index is 13.1. The zero-order chi connectivity index (χ0) is 12.0. The van der Waals surface area contributed by atoms with E-state index < -0.39 is 0 Å². The van der Waals surface area contributed by atoms with Crippen LogP contribution in [0.5, 0.6) is 0 Å². The van der Waals surface area contributed by atoms with Crippen LogP contribution in [0.15, 0.2) is 22.7 Å². The van der Waals surface area contributed by atoms with Crippen molar-refractivity contribution in [3.63, 3.8) is 0 Å². The molecule has 0 fully saturated rings. The molecule has 1 rings (SSSR count). The molecule has 0 aromatic heterocycles. The van der Waals surface area contributed by atoms with E-state index in [-0.39, 0.29) is 11.9 Å². The van der Waals surface area contributed by atoms with E-state index in [0.717, 1.165) is 42.1 Å². The van der Waals surface area contributed by atoms with Crippen LogP contribution in [0, 0.1) is 5.82 Å². The van der Waals surface area contributed by atoms with Crippen LogP contribution < -0.4 is 0 Å². The van der Waals surface area contributed by atoms with Gasteiger partial charge in [0.2, 0.25) is 0 Å². The number of aryl methyl sites for hydroxylation is 1. The van der Waals surface area contributed by atoms with Gasteiger partial charge >= 0.3 is 0 Å². The number of aliphatic hydroxyl groups is 1. The third kappa shape index (κ3) is 5.08. The van der Waals surface area contributed by atoms with E-state index in [9.17, 15) is 9.50 Å². The molecule has 0 aliphatic rings. The number of hydrogen-bond acceptors (Lipinski definition) is 1. The smallest absolute Gasteiger partial charge is 0.124 e. The first-order chi connectivity index (χ1) is 7.61. The minimum atomic E-state index is -0.210. The van der Waals surface area contributed by atoms with Crippen molar-refractivity contribution in [1.29, 1.82) is 0 Å². The van der Waals surface area contributed by atoms with Crippen molar-refractivity contribution < 1.29 is 9.50 Å². The number of rotatable bonds is 6. The molecular formula is C13H18BrFO. The van der Waals surface area contributed by atoms with Gasteiger partial charge < -0.3 is 5.11 Å². The van der Waals surface area contributed by atoms with Crippen LogP contribution in [0.1, 0.15) is 38.2 Å². The Morgan fingerprint density at radius 2 is 2.06 bits per heavy atom. The molecule has 90 valence electrons. The Morgan fingerprint density at radius 3 is 2.69 bits per heavy atom. The van der Waals surface area contributed by atoms with E-state index in [0.29, 0.717) is 0 Å². The predicted octanol–water partition coefficient (Wildman–Crippen LogP) is 4.07. The van der Waals surface area contributed by atoms with Crippen molar-refractivity contribution in [3.8, 4) is 0 Å². The largest absolute Gasteiger partial charge is 0.393 e. The molecule has 1 aromatic carbocycles. The maximum Gasteiger partial charge on any atom is 0.124 e. The van der Waals surface area contributed by atoms with Gasteiger partial charge in [0.15, 0.2) is 0 Å². The zero-order valence-electron chi connectivity index (χ0n) is 9.55. The molecule has 0 saturated carbocycles. The quantitative estimate of drug-likeness (QED) is 0.837. The molecular weight excluding hydrogens is 271 g/mol. The maximum absolute atomic E-state index is 13.1. The van der Waals surface area contributed by atoms with E-state index in [4.69, 9.17) is 0 Å². The molecule has 0 spiro atoms. The lowest BCUT2D eigenvalue weighted by Gasteiger charge is -2.08. The second-order valence-corrected chi connectivity index (χ2v) is 5.03. The number of halogens is 2. The molecule has 1 unspecified atom stereocenters. The normalized spacial score (nSPS) is 12.8. The molecule has 16 heavy (non-hydrogen) atoms. The summed E-state index contributed by atoms with van der Waals surface area (Å²) in [6.07, 6.45) is 4.16. The fourth-order valence-electron chi connectivity index (χ4n) is 1.77. The molecule has 3 heteroatoms. The van der Waals surface area contributed by atoms with E-state index in [1.807, 2.05) is 6.07 Å². The molecule has 1 nitrogen and oxygen atoms in total. The second kappa shape index (κ2) is 7.02.